The Morgan fingerprint density at radius 2 is 1.70 bits per heavy atom. The van der Waals surface area contributed by atoms with Gasteiger partial charge in [-0.2, -0.15) is 9.78 Å². The molecule has 0 saturated heterocycles. The summed E-state index contributed by atoms with van der Waals surface area (Å²) in [6.07, 6.45) is -8.92. The number of benzene rings is 2. The molecule has 2 atom stereocenters. The summed E-state index contributed by atoms with van der Waals surface area (Å²) in [5.41, 5.74) is -0.414. The van der Waals surface area contributed by atoms with Crippen LogP contribution >= 0.6 is 11.6 Å². The molecule has 0 aliphatic carbocycles. The Labute approximate surface area is 173 Å². The highest BCUT2D eigenvalue weighted by molar-refractivity contribution is 6.30. The van der Waals surface area contributed by atoms with E-state index in [9.17, 15) is 22.8 Å². The summed E-state index contributed by atoms with van der Waals surface area (Å²) in [6.45, 7) is 0. The summed E-state index contributed by atoms with van der Waals surface area (Å²) in [7, 11) is 0. The number of alkyl halides is 3. The molecule has 0 fully saturated rings. The molecular weight excluding hydrogens is 423 g/mol. The minimum atomic E-state index is -3.41. The van der Waals surface area contributed by atoms with Crippen molar-refractivity contribution in [2.45, 2.75) is 18.8 Å². The number of halogens is 4. The third kappa shape index (κ3) is 4.69. The molecule has 0 spiro atoms. The molecule has 2 unspecified atom stereocenters. The second-order valence-corrected chi connectivity index (χ2v) is 6.64. The molecule has 3 rings (SSSR count). The van der Waals surface area contributed by atoms with E-state index in [-0.39, 0.29) is 5.69 Å². The van der Waals surface area contributed by atoms with Crippen molar-refractivity contribution in [2.75, 3.05) is 0 Å². The molecule has 0 aliphatic heterocycles. The fourth-order valence-corrected chi connectivity index (χ4v) is 2.71. The molecule has 30 heavy (non-hydrogen) atoms. The zero-order valence-corrected chi connectivity index (χ0v) is 15.9. The lowest BCUT2D eigenvalue weighted by atomic mass is 10.1. The van der Waals surface area contributed by atoms with E-state index >= 15 is 0 Å². The van der Waals surface area contributed by atoms with Gasteiger partial charge in [-0.1, -0.05) is 41.9 Å². The van der Waals surface area contributed by atoms with Crippen LogP contribution in [0.3, 0.4) is 0 Å². The second kappa shape index (κ2) is 9.10. The molecule has 3 aromatic rings. The summed E-state index contributed by atoms with van der Waals surface area (Å²) in [4.78, 5) is 25.3. The molecule has 2 aromatic carbocycles. The number of amides is 1. The van der Waals surface area contributed by atoms with Crippen LogP contribution in [-0.4, -0.2) is 39.6 Å². The predicted molar refractivity (Wildman–Crippen MR) is 105 cm³/mol. The quantitative estimate of drug-likeness (QED) is 0.580. The number of aliphatic hydroxyl groups excluding tert-OH is 1. The molecule has 1 heterocycles. The van der Waals surface area contributed by atoms with Gasteiger partial charge in [0.15, 0.2) is 6.10 Å². The number of nitrogens with one attached hydrogen (secondary N) is 1. The van der Waals surface area contributed by atoms with E-state index < -0.39 is 35.9 Å². The van der Waals surface area contributed by atoms with Crippen molar-refractivity contribution in [2.24, 2.45) is 0 Å². The maximum absolute atomic E-state index is 13.8. The SMILES string of the molecule is O=C(NC(F)C(O)C(F)F)c1cc(-c2ccc(Cl)cc2)nn(-c2ccccc2)c1=O. The summed E-state index contributed by atoms with van der Waals surface area (Å²) in [5.74, 6) is -1.27. The first-order valence-corrected chi connectivity index (χ1v) is 9.02. The Morgan fingerprint density at radius 3 is 2.30 bits per heavy atom. The van der Waals surface area contributed by atoms with Gasteiger partial charge < -0.3 is 10.4 Å². The number of hydrogen-bond donors (Lipinski definition) is 2. The second-order valence-electron chi connectivity index (χ2n) is 6.20. The first-order chi connectivity index (χ1) is 14.3. The molecular formula is C20H15ClF3N3O3. The van der Waals surface area contributed by atoms with Gasteiger partial charge >= 0.3 is 0 Å². The van der Waals surface area contributed by atoms with E-state index in [0.717, 1.165) is 10.7 Å². The van der Waals surface area contributed by atoms with E-state index in [1.807, 2.05) is 0 Å². The van der Waals surface area contributed by atoms with Crippen LogP contribution in [-0.2, 0) is 0 Å². The molecule has 1 amide bonds. The average molecular weight is 438 g/mol. The van der Waals surface area contributed by atoms with Crippen LogP contribution in [0.25, 0.3) is 16.9 Å². The average Bonchev–Trinajstić information content (AvgIpc) is 2.74. The van der Waals surface area contributed by atoms with Gasteiger partial charge in [-0.25, -0.2) is 13.2 Å². The zero-order valence-electron chi connectivity index (χ0n) is 15.2. The van der Waals surface area contributed by atoms with Gasteiger partial charge in [0.1, 0.15) is 5.56 Å². The fourth-order valence-electron chi connectivity index (χ4n) is 2.58. The van der Waals surface area contributed by atoms with Crippen molar-refractivity contribution in [3.05, 3.63) is 81.6 Å². The summed E-state index contributed by atoms with van der Waals surface area (Å²) >= 11 is 5.88. The highest BCUT2D eigenvalue weighted by atomic mass is 35.5. The molecule has 0 bridgehead atoms. The van der Waals surface area contributed by atoms with Gasteiger partial charge in [-0.05, 0) is 30.3 Å². The first kappa shape index (κ1) is 21.5. The Morgan fingerprint density at radius 1 is 1.07 bits per heavy atom. The summed E-state index contributed by atoms with van der Waals surface area (Å²) in [6, 6.07) is 15.6. The number of aliphatic hydroxyl groups is 1. The number of carbonyl (C=O) groups is 1. The van der Waals surface area contributed by atoms with E-state index in [1.54, 1.807) is 59.9 Å². The zero-order chi connectivity index (χ0) is 21.8. The number of rotatable bonds is 6. The lowest BCUT2D eigenvalue weighted by Crippen LogP contribution is -2.45. The molecule has 156 valence electrons. The van der Waals surface area contributed by atoms with Crippen molar-refractivity contribution in [1.29, 1.82) is 0 Å². The molecule has 0 aliphatic rings. The maximum Gasteiger partial charge on any atom is 0.284 e. The van der Waals surface area contributed by atoms with Crippen molar-refractivity contribution >= 4 is 17.5 Å². The minimum absolute atomic E-state index is 0.185. The summed E-state index contributed by atoms with van der Waals surface area (Å²) in [5, 5.41) is 15.4. The van der Waals surface area contributed by atoms with Gasteiger partial charge in [0.2, 0.25) is 6.30 Å². The number of nitrogens with zero attached hydrogens (tertiary/aromatic N) is 2. The van der Waals surface area contributed by atoms with Crippen LogP contribution in [0.5, 0.6) is 0 Å². The lowest BCUT2D eigenvalue weighted by molar-refractivity contribution is -0.0551. The van der Waals surface area contributed by atoms with Gasteiger partial charge in [0.25, 0.3) is 17.9 Å². The maximum atomic E-state index is 13.8. The Balaban J connectivity index is 2.09. The number of carbonyl (C=O) groups excluding carboxylic acids is 1. The Bertz CT molecular complexity index is 1090. The van der Waals surface area contributed by atoms with Gasteiger partial charge in [-0.15, -0.1) is 0 Å². The normalized spacial score (nSPS) is 13.1. The fraction of sp³-hybridized carbons (Fsp3) is 0.150. The van der Waals surface area contributed by atoms with E-state index in [1.165, 1.54) is 0 Å². The monoisotopic (exact) mass is 437 g/mol. The standard InChI is InChI=1S/C20H15ClF3N3O3/c21-12-8-6-11(7-9-12)15-10-14(19(29)25-18(24)16(28)17(22)23)20(30)27(26-15)13-4-2-1-3-5-13/h1-10,16-18,28H,(H,25,29). The molecule has 10 heteroatoms. The lowest BCUT2D eigenvalue weighted by Gasteiger charge is -2.16. The van der Waals surface area contributed by atoms with Crippen molar-refractivity contribution < 1.29 is 23.1 Å². The van der Waals surface area contributed by atoms with E-state index in [4.69, 9.17) is 16.7 Å². The molecule has 1 aromatic heterocycles. The number of hydrogen-bond acceptors (Lipinski definition) is 4. The van der Waals surface area contributed by atoms with Gasteiger partial charge in [-0.3, -0.25) is 9.59 Å². The third-order valence-corrected chi connectivity index (χ3v) is 4.38. The molecule has 6 nitrogen and oxygen atoms in total. The topological polar surface area (TPSA) is 84.2 Å². The van der Waals surface area contributed by atoms with Crippen LogP contribution in [0.4, 0.5) is 13.2 Å². The molecule has 2 N–H and O–H groups in total. The van der Waals surface area contributed by atoms with Crippen LogP contribution < -0.4 is 10.9 Å². The van der Waals surface area contributed by atoms with Crippen molar-refractivity contribution in [3.8, 4) is 16.9 Å². The molecule has 0 radical (unpaired) electrons. The van der Waals surface area contributed by atoms with Crippen LogP contribution in [0.1, 0.15) is 10.4 Å². The Hall–Kier alpha value is -3.17. The predicted octanol–water partition coefficient (Wildman–Crippen LogP) is 3.20. The van der Waals surface area contributed by atoms with Gasteiger partial charge in [0.05, 0.1) is 11.4 Å². The van der Waals surface area contributed by atoms with Crippen LogP contribution in [0.2, 0.25) is 5.02 Å². The molecule has 0 saturated carbocycles. The van der Waals surface area contributed by atoms with Crippen molar-refractivity contribution in [3.63, 3.8) is 0 Å². The smallest absolute Gasteiger partial charge is 0.284 e. The van der Waals surface area contributed by atoms with Crippen molar-refractivity contribution in [1.82, 2.24) is 15.1 Å². The minimum Gasteiger partial charge on any atom is -0.382 e. The largest absolute Gasteiger partial charge is 0.382 e. The van der Waals surface area contributed by atoms with Gasteiger partial charge in [0, 0.05) is 10.6 Å². The third-order valence-electron chi connectivity index (χ3n) is 4.12. The number of para-hydroxylation sites is 1. The summed E-state index contributed by atoms with van der Waals surface area (Å²) < 4.78 is 39.7. The van der Waals surface area contributed by atoms with Crippen LogP contribution in [0.15, 0.2) is 65.5 Å². The first-order valence-electron chi connectivity index (χ1n) is 8.65. The van der Waals surface area contributed by atoms with E-state index in [2.05, 4.69) is 5.10 Å². The number of aromatic nitrogens is 2. The Kier molecular flexibility index (Phi) is 6.53. The highest BCUT2D eigenvalue weighted by Crippen LogP contribution is 2.20. The van der Waals surface area contributed by atoms with E-state index in [0.29, 0.717) is 16.3 Å². The highest BCUT2D eigenvalue weighted by Gasteiger charge is 2.30. The van der Waals surface area contributed by atoms with Crippen LogP contribution in [0, 0.1) is 0 Å².